The maximum atomic E-state index is 13.0. The molecule has 0 saturated carbocycles. The lowest BCUT2D eigenvalue weighted by atomic mass is 9.92. The van der Waals surface area contributed by atoms with Crippen LogP contribution in [0.5, 0.6) is 5.75 Å². The van der Waals surface area contributed by atoms with E-state index in [4.69, 9.17) is 16.3 Å². The first kappa shape index (κ1) is 22.9. The highest BCUT2D eigenvalue weighted by atomic mass is 35.5. The Balaban J connectivity index is 1.34. The zero-order valence-electron chi connectivity index (χ0n) is 18.5. The third kappa shape index (κ3) is 4.74. The van der Waals surface area contributed by atoms with Crippen molar-refractivity contribution < 1.29 is 19.1 Å². The second-order valence-corrected chi connectivity index (χ2v) is 8.64. The van der Waals surface area contributed by atoms with E-state index in [-0.39, 0.29) is 6.54 Å². The average molecular weight is 472 g/mol. The van der Waals surface area contributed by atoms with Crippen LogP contribution in [0.2, 0.25) is 5.02 Å². The number of piperazine rings is 1. The minimum Gasteiger partial charge on any atom is -0.497 e. The van der Waals surface area contributed by atoms with Gasteiger partial charge in [-0.15, -0.1) is 0 Å². The Labute approximate surface area is 197 Å². The van der Waals surface area contributed by atoms with Crippen LogP contribution in [0.15, 0.2) is 48.5 Å². The lowest BCUT2D eigenvalue weighted by molar-refractivity contribution is -0.139. The van der Waals surface area contributed by atoms with Crippen molar-refractivity contribution in [3.8, 4) is 5.75 Å². The van der Waals surface area contributed by atoms with Crippen LogP contribution in [0, 0.1) is 0 Å². The summed E-state index contributed by atoms with van der Waals surface area (Å²) in [7, 11) is 1.53. The molecule has 2 aromatic carbocycles. The Hall–Kier alpha value is -3.30. The van der Waals surface area contributed by atoms with Crippen LogP contribution in [-0.4, -0.2) is 67.6 Å². The van der Waals surface area contributed by atoms with E-state index in [0.717, 1.165) is 23.8 Å². The van der Waals surface area contributed by atoms with Gasteiger partial charge in [0, 0.05) is 36.9 Å². The van der Waals surface area contributed by atoms with Gasteiger partial charge in [0.15, 0.2) is 0 Å². The molecule has 0 radical (unpaired) electrons. The van der Waals surface area contributed by atoms with E-state index in [1.165, 1.54) is 7.11 Å². The van der Waals surface area contributed by atoms with Gasteiger partial charge in [-0.05, 0) is 42.8 Å². The number of urea groups is 1. The summed E-state index contributed by atoms with van der Waals surface area (Å²) >= 11 is 6.08. The molecule has 0 aliphatic carbocycles. The number of amides is 4. The van der Waals surface area contributed by atoms with Crippen molar-refractivity contribution in [2.45, 2.75) is 12.5 Å². The van der Waals surface area contributed by atoms with Gasteiger partial charge in [-0.1, -0.05) is 29.8 Å². The third-order valence-corrected chi connectivity index (χ3v) is 6.22. The molecule has 0 aromatic heterocycles. The van der Waals surface area contributed by atoms with E-state index in [1.807, 2.05) is 29.2 Å². The van der Waals surface area contributed by atoms with Gasteiger partial charge >= 0.3 is 6.03 Å². The molecule has 0 spiro atoms. The molecule has 33 heavy (non-hydrogen) atoms. The first-order valence-electron chi connectivity index (χ1n) is 10.6. The summed E-state index contributed by atoms with van der Waals surface area (Å²) in [4.78, 5) is 42.4. The molecule has 2 aliphatic heterocycles. The molecule has 0 unspecified atom stereocenters. The Kier molecular flexibility index (Phi) is 6.44. The number of halogens is 1. The minimum absolute atomic E-state index is 0.0797. The van der Waals surface area contributed by atoms with Gasteiger partial charge in [-0.2, -0.15) is 5.01 Å². The fourth-order valence-electron chi connectivity index (χ4n) is 4.07. The predicted octanol–water partition coefficient (Wildman–Crippen LogP) is 1.97. The summed E-state index contributed by atoms with van der Waals surface area (Å²) in [6, 6.07) is 13.9. The number of benzene rings is 2. The van der Waals surface area contributed by atoms with Gasteiger partial charge in [-0.25, -0.2) is 4.79 Å². The van der Waals surface area contributed by atoms with E-state index in [1.54, 1.807) is 31.2 Å². The minimum atomic E-state index is -1.30. The molecule has 2 N–H and O–H groups in total. The first-order chi connectivity index (χ1) is 15.8. The van der Waals surface area contributed by atoms with Gasteiger partial charge < -0.3 is 15.0 Å². The van der Waals surface area contributed by atoms with Crippen LogP contribution in [0.1, 0.15) is 12.5 Å². The number of methoxy groups -OCH3 is 1. The maximum Gasteiger partial charge on any atom is 0.344 e. The fraction of sp³-hybridized carbons (Fsp3) is 0.348. The Morgan fingerprint density at radius 2 is 1.85 bits per heavy atom. The molecule has 4 rings (SSSR count). The van der Waals surface area contributed by atoms with Crippen molar-refractivity contribution in [3.63, 3.8) is 0 Å². The van der Waals surface area contributed by atoms with Crippen molar-refractivity contribution in [2.75, 3.05) is 44.7 Å². The number of carbonyl (C=O) groups is 3. The predicted molar refractivity (Wildman–Crippen MR) is 124 cm³/mol. The molecular weight excluding hydrogens is 446 g/mol. The third-order valence-electron chi connectivity index (χ3n) is 5.99. The SMILES string of the molecule is COc1cccc([C@@]2(C)NC(=O)N(NC(=O)CN3CCN(c4cccc(Cl)c4)CC3)C2=O)c1. The molecule has 2 fully saturated rings. The summed E-state index contributed by atoms with van der Waals surface area (Å²) < 4.78 is 5.22. The molecule has 4 amide bonds. The summed E-state index contributed by atoms with van der Waals surface area (Å²) in [6.45, 7) is 4.50. The zero-order valence-corrected chi connectivity index (χ0v) is 19.3. The molecule has 2 saturated heterocycles. The maximum absolute atomic E-state index is 13.0. The number of rotatable bonds is 6. The van der Waals surface area contributed by atoms with E-state index >= 15 is 0 Å². The average Bonchev–Trinajstić information content (AvgIpc) is 3.03. The van der Waals surface area contributed by atoms with Crippen molar-refractivity contribution in [2.24, 2.45) is 0 Å². The highest BCUT2D eigenvalue weighted by Gasteiger charge is 2.50. The van der Waals surface area contributed by atoms with Gasteiger partial charge in [0.05, 0.1) is 13.7 Å². The summed E-state index contributed by atoms with van der Waals surface area (Å²) in [5, 5.41) is 4.11. The molecule has 2 heterocycles. The molecule has 2 aliphatic rings. The number of imide groups is 1. The lowest BCUT2D eigenvalue weighted by Crippen LogP contribution is -2.53. The molecule has 0 bridgehead atoms. The van der Waals surface area contributed by atoms with Crippen LogP contribution >= 0.6 is 11.6 Å². The lowest BCUT2D eigenvalue weighted by Gasteiger charge is -2.35. The number of ether oxygens (including phenoxy) is 1. The Morgan fingerprint density at radius 1 is 1.12 bits per heavy atom. The van der Waals surface area contributed by atoms with Gasteiger partial charge in [0.1, 0.15) is 11.3 Å². The van der Waals surface area contributed by atoms with Crippen molar-refractivity contribution in [3.05, 3.63) is 59.1 Å². The second kappa shape index (κ2) is 9.29. The number of anilines is 1. The van der Waals surface area contributed by atoms with Crippen LogP contribution in [-0.2, 0) is 15.1 Å². The molecular formula is C23H26ClN5O4. The van der Waals surface area contributed by atoms with E-state index in [9.17, 15) is 14.4 Å². The largest absolute Gasteiger partial charge is 0.497 e. The standard InChI is InChI=1S/C23H26ClN5O4/c1-23(16-5-3-8-19(13-16)33-2)21(31)29(22(32)25-23)26-20(30)15-27-9-11-28(12-10-27)18-7-4-6-17(24)14-18/h3-8,13-14H,9-12,15H2,1-2H3,(H,25,32)(H,26,30)/t23-/m1/s1. The Bertz CT molecular complexity index is 1070. The van der Waals surface area contributed by atoms with Crippen molar-refractivity contribution >= 4 is 35.1 Å². The summed E-state index contributed by atoms with van der Waals surface area (Å²) in [5.41, 5.74) is 2.76. The second-order valence-electron chi connectivity index (χ2n) is 8.21. The molecule has 174 valence electrons. The summed E-state index contributed by atoms with van der Waals surface area (Å²) in [6.07, 6.45) is 0. The smallest absolute Gasteiger partial charge is 0.344 e. The summed E-state index contributed by atoms with van der Waals surface area (Å²) in [5.74, 6) is -0.417. The first-order valence-corrected chi connectivity index (χ1v) is 11.0. The van der Waals surface area contributed by atoms with Crippen LogP contribution in [0.3, 0.4) is 0 Å². The van der Waals surface area contributed by atoms with Crippen LogP contribution < -0.4 is 20.4 Å². The zero-order chi connectivity index (χ0) is 23.6. The molecule has 2 aromatic rings. The highest BCUT2D eigenvalue weighted by molar-refractivity contribution is 6.30. The van der Waals surface area contributed by atoms with E-state index in [2.05, 4.69) is 15.6 Å². The van der Waals surface area contributed by atoms with Crippen molar-refractivity contribution in [1.29, 1.82) is 0 Å². The number of hydrazine groups is 1. The fourth-order valence-corrected chi connectivity index (χ4v) is 4.26. The Morgan fingerprint density at radius 3 is 2.55 bits per heavy atom. The van der Waals surface area contributed by atoms with Gasteiger partial charge in [0.25, 0.3) is 11.8 Å². The van der Waals surface area contributed by atoms with Gasteiger partial charge in [0.2, 0.25) is 0 Å². The number of nitrogens with one attached hydrogen (secondary N) is 2. The number of hydrogen-bond acceptors (Lipinski definition) is 6. The quantitative estimate of drug-likeness (QED) is 0.626. The van der Waals surface area contributed by atoms with Crippen LogP contribution in [0.25, 0.3) is 0 Å². The van der Waals surface area contributed by atoms with Crippen LogP contribution in [0.4, 0.5) is 10.5 Å². The normalized spacial score (nSPS) is 21.2. The molecule has 9 nitrogen and oxygen atoms in total. The van der Waals surface area contributed by atoms with E-state index < -0.39 is 23.4 Å². The number of nitrogens with zero attached hydrogens (tertiary/aromatic N) is 3. The van der Waals surface area contributed by atoms with Gasteiger partial charge in [-0.3, -0.25) is 19.9 Å². The topological polar surface area (TPSA) is 94.2 Å². The number of carbonyl (C=O) groups excluding carboxylic acids is 3. The highest BCUT2D eigenvalue weighted by Crippen LogP contribution is 2.30. The van der Waals surface area contributed by atoms with Crippen molar-refractivity contribution in [1.82, 2.24) is 20.7 Å². The monoisotopic (exact) mass is 471 g/mol. The molecule has 1 atom stereocenters. The van der Waals surface area contributed by atoms with E-state index in [0.29, 0.717) is 29.4 Å². The number of hydrogen-bond donors (Lipinski definition) is 2. The molecule has 10 heteroatoms.